The number of rotatable bonds is 6. The topological polar surface area (TPSA) is 92.4 Å². The molecule has 0 amide bonds. The van der Waals surface area contributed by atoms with E-state index in [1.54, 1.807) is 38.1 Å². The van der Waals surface area contributed by atoms with E-state index < -0.39 is 10.0 Å². The van der Waals surface area contributed by atoms with Gasteiger partial charge in [-0.1, -0.05) is 24.3 Å². The van der Waals surface area contributed by atoms with Gasteiger partial charge in [0.2, 0.25) is 15.9 Å². The molecule has 2 N–H and O–H groups in total. The number of hydrogen-bond acceptors (Lipinski definition) is 5. The lowest BCUT2D eigenvalue weighted by molar-refractivity contribution is 0.282. The number of aromatic nitrogens is 1. The maximum absolute atomic E-state index is 12.0. The summed E-state index contributed by atoms with van der Waals surface area (Å²) in [6, 6.07) is 6.83. The van der Waals surface area contributed by atoms with E-state index in [2.05, 4.69) is 9.71 Å². The fourth-order valence-electron chi connectivity index (χ4n) is 1.87. The van der Waals surface area contributed by atoms with Crippen LogP contribution in [0.1, 0.15) is 28.5 Å². The summed E-state index contributed by atoms with van der Waals surface area (Å²) in [6.07, 6.45) is 0. The van der Waals surface area contributed by atoms with E-state index in [1.807, 2.05) is 0 Å². The third-order valence-corrected chi connectivity index (χ3v) is 4.34. The Bertz CT molecular complexity index is 703. The zero-order valence-electron chi connectivity index (χ0n) is 12.0. The third kappa shape index (κ3) is 4.38. The van der Waals surface area contributed by atoms with Gasteiger partial charge in [0.1, 0.15) is 5.76 Å². The van der Waals surface area contributed by atoms with Crippen LogP contribution in [0.3, 0.4) is 0 Å². The monoisotopic (exact) mass is 310 g/mol. The molecule has 1 aromatic carbocycles. The first-order valence-corrected chi connectivity index (χ1v) is 8.14. The Morgan fingerprint density at radius 2 is 2.00 bits per heavy atom. The van der Waals surface area contributed by atoms with E-state index >= 15 is 0 Å². The molecule has 1 aromatic heterocycles. The van der Waals surface area contributed by atoms with Crippen LogP contribution in [0.5, 0.6) is 0 Å². The minimum absolute atomic E-state index is 0.0245. The van der Waals surface area contributed by atoms with Crippen LogP contribution in [0.25, 0.3) is 0 Å². The van der Waals surface area contributed by atoms with Crippen molar-refractivity contribution >= 4 is 10.0 Å². The van der Waals surface area contributed by atoms with Crippen molar-refractivity contribution in [2.24, 2.45) is 0 Å². The predicted octanol–water partition coefficient (Wildman–Crippen LogP) is 1.40. The van der Waals surface area contributed by atoms with Crippen LogP contribution >= 0.6 is 0 Å². The highest BCUT2D eigenvalue weighted by molar-refractivity contribution is 7.88. The SMILES string of the molecule is Cc1nc(CNS(=O)(=O)Cc2cccc(CO)c2)oc1C. The Balaban J connectivity index is 2.01. The van der Waals surface area contributed by atoms with E-state index in [0.717, 1.165) is 5.69 Å². The number of hydrogen-bond donors (Lipinski definition) is 2. The van der Waals surface area contributed by atoms with E-state index in [4.69, 9.17) is 9.52 Å². The van der Waals surface area contributed by atoms with Crippen molar-refractivity contribution in [3.05, 3.63) is 52.7 Å². The Kier molecular flexibility index (Phi) is 4.76. The normalized spacial score (nSPS) is 11.8. The second-order valence-electron chi connectivity index (χ2n) is 4.81. The molecule has 0 bridgehead atoms. The van der Waals surface area contributed by atoms with Crippen LogP contribution in [-0.2, 0) is 28.9 Å². The third-order valence-electron chi connectivity index (χ3n) is 3.05. The minimum atomic E-state index is -3.49. The van der Waals surface area contributed by atoms with Crippen molar-refractivity contribution in [2.45, 2.75) is 32.8 Å². The first-order valence-electron chi connectivity index (χ1n) is 6.48. The van der Waals surface area contributed by atoms with Crippen molar-refractivity contribution in [2.75, 3.05) is 0 Å². The van der Waals surface area contributed by atoms with Crippen LogP contribution in [0.2, 0.25) is 0 Å². The first-order chi connectivity index (χ1) is 9.89. The number of aryl methyl sites for hydroxylation is 2. The molecule has 0 spiro atoms. The van der Waals surface area contributed by atoms with Gasteiger partial charge in [-0.2, -0.15) is 0 Å². The fraction of sp³-hybridized carbons (Fsp3) is 0.357. The molecule has 21 heavy (non-hydrogen) atoms. The van der Waals surface area contributed by atoms with Gasteiger partial charge in [-0.3, -0.25) is 0 Å². The molecule has 0 aliphatic rings. The van der Waals surface area contributed by atoms with Crippen molar-refractivity contribution in [3.8, 4) is 0 Å². The number of aliphatic hydroxyl groups is 1. The summed E-state index contributed by atoms with van der Waals surface area (Å²) in [6.45, 7) is 3.49. The van der Waals surface area contributed by atoms with Crippen molar-refractivity contribution in [1.29, 1.82) is 0 Å². The van der Waals surface area contributed by atoms with E-state index in [-0.39, 0.29) is 18.9 Å². The van der Waals surface area contributed by atoms with Crippen LogP contribution in [0.15, 0.2) is 28.7 Å². The first kappa shape index (κ1) is 15.7. The smallest absolute Gasteiger partial charge is 0.216 e. The summed E-state index contributed by atoms with van der Waals surface area (Å²) in [4.78, 5) is 4.12. The highest BCUT2D eigenvalue weighted by Gasteiger charge is 2.14. The number of nitrogens with zero attached hydrogens (tertiary/aromatic N) is 1. The molecular weight excluding hydrogens is 292 g/mol. The summed E-state index contributed by atoms with van der Waals surface area (Å²) in [7, 11) is -3.49. The molecule has 2 rings (SSSR count). The maximum Gasteiger partial charge on any atom is 0.216 e. The summed E-state index contributed by atoms with van der Waals surface area (Å²) >= 11 is 0. The van der Waals surface area contributed by atoms with Crippen LogP contribution < -0.4 is 4.72 Å². The van der Waals surface area contributed by atoms with E-state index in [1.165, 1.54) is 0 Å². The number of aliphatic hydroxyl groups excluding tert-OH is 1. The molecule has 0 fully saturated rings. The maximum atomic E-state index is 12.0. The second kappa shape index (κ2) is 6.38. The molecule has 0 atom stereocenters. The molecule has 114 valence electrons. The lowest BCUT2D eigenvalue weighted by Crippen LogP contribution is -2.24. The average molecular weight is 310 g/mol. The zero-order valence-corrected chi connectivity index (χ0v) is 12.8. The number of benzene rings is 1. The molecule has 0 unspecified atom stereocenters. The molecule has 6 nitrogen and oxygen atoms in total. The van der Waals surface area contributed by atoms with Gasteiger partial charge in [0.05, 0.1) is 24.6 Å². The fourth-order valence-corrected chi connectivity index (χ4v) is 2.94. The quantitative estimate of drug-likeness (QED) is 0.841. The van der Waals surface area contributed by atoms with Gasteiger partial charge >= 0.3 is 0 Å². The summed E-state index contributed by atoms with van der Waals surface area (Å²) in [5.74, 6) is 0.872. The van der Waals surface area contributed by atoms with Gasteiger partial charge in [0.25, 0.3) is 0 Å². The van der Waals surface area contributed by atoms with E-state index in [0.29, 0.717) is 22.8 Å². The van der Waals surface area contributed by atoms with E-state index in [9.17, 15) is 8.42 Å². The Labute approximate surface area is 123 Å². The standard InChI is InChI=1S/C14H18N2O4S/c1-10-11(2)20-14(16-10)7-15-21(18,19)9-13-5-3-4-12(6-13)8-17/h3-6,15,17H,7-9H2,1-2H3. The number of nitrogens with one attached hydrogen (secondary N) is 1. The molecule has 1 heterocycles. The molecular formula is C14H18N2O4S. The summed E-state index contributed by atoms with van der Waals surface area (Å²) < 4.78 is 31.8. The van der Waals surface area contributed by atoms with Crippen molar-refractivity contribution < 1.29 is 17.9 Å². The number of oxazole rings is 1. The molecule has 0 radical (unpaired) electrons. The van der Waals surface area contributed by atoms with Gasteiger partial charge in [-0.15, -0.1) is 0 Å². The Morgan fingerprint density at radius 1 is 1.29 bits per heavy atom. The van der Waals surface area contributed by atoms with Crippen LogP contribution in [0, 0.1) is 13.8 Å². The minimum Gasteiger partial charge on any atom is -0.444 e. The second-order valence-corrected chi connectivity index (χ2v) is 6.61. The molecule has 0 aliphatic heterocycles. The van der Waals surface area contributed by atoms with Gasteiger partial charge in [-0.25, -0.2) is 18.1 Å². The zero-order chi connectivity index (χ0) is 15.5. The highest BCUT2D eigenvalue weighted by Crippen LogP contribution is 2.11. The largest absolute Gasteiger partial charge is 0.444 e. The number of sulfonamides is 1. The Hall–Kier alpha value is -1.70. The molecule has 0 saturated carbocycles. The average Bonchev–Trinajstić information content (AvgIpc) is 2.76. The molecule has 2 aromatic rings. The molecule has 0 saturated heterocycles. The summed E-state index contributed by atoms with van der Waals surface area (Å²) in [5.41, 5.74) is 2.05. The van der Waals surface area contributed by atoms with Gasteiger partial charge in [-0.05, 0) is 25.0 Å². The van der Waals surface area contributed by atoms with Gasteiger partial charge in [0.15, 0.2) is 0 Å². The van der Waals surface area contributed by atoms with Crippen molar-refractivity contribution in [1.82, 2.24) is 9.71 Å². The van der Waals surface area contributed by atoms with Crippen LogP contribution in [0.4, 0.5) is 0 Å². The van der Waals surface area contributed by atoms with Crippen LogP contribution in [-0.4, -0.2) is 18.5 Å². The molecule has 7 heteroatoms. The van der Waals surface area contributed by atoms with Gasteiger partial charge in [0, 0.05) is 0 Å². The summed E-state index contributed by atoms with van der Waals surface area (Å²) in [5, 5.41) is 9.05. The lowest BCUT2D eigenvalue weighted by Gasteiger charge is -2.06. The predicted molar refractivity (Wildman–Crippen MR) is 77.8 cm³/mol. The lowest BCUT2D eigenvalue weighted by atomic mass is 10.1. The highest BCUT2D eigenvalue weighted by atomic mass is 32.2. The van der Waals surface area contributed by atoms with Crippen molar-refractivity contribution in [3.63, 3.8) is 0 Å². The molecule has 0 aliphatic carbocycles. The van der Waals surface area contributed by atoms with Gasteiger partial charge < -0.3 is 9.52 Å². The Morgan fingerprint density at radius 3 is 2.62 bits per heavy atom.